The van der Waals surface area contributed by atoms with Gasteiger partial charge in [-0.1, -0.05) is 0 Å². The Morgan fingerprint density at radius 1 is 1.07 bits per heavy atom. The number of fused-ring (bicyclic) bond motifs is 3. The van der Waals surface area contributed by atoms with Gasteiger partial charge in [0.05, 0.1) is 0 Å². The lowest BCUT2D eigenvalue weighted by Crippen LogP contribution is -2.38. The summed E-state index contributed by atoms with van der Waals surface area (Å²) in [5.41, 5.74) is 2.22. The molecule has 0 spiro atoms. The minimum absolute atomic E-state index is 0.0188. The van der Waals surface area contributed by atoms with Crippen LogP contribution in [0.3, 0.4) is 0 Å². The Kier molecular flexibility index (Phi) is 5.26. The van der Waals surface area contributed by atoms with E-state index in [-0.39, 0.29) is 12.5 Å². The second-order valence-electron chi connectivity index (χ2n) is 7.96. The van der Waals surface area contributed by atoms with Gasteiger partial charge in [0.15, 0.2) is 12.4 Å². The molecular formula is C23H26N4O3. The van der Waals surface area contributed by atoms with E-state index in [1.165, 1.54) is 18.4 Å². The second kappa shape index (κ2) is 8.34. The van der Waals surface area contributed by atoms with Crippen molar-refractivity contribution >= 4 is 22.7 Å². The van der Waals surface area contributed by atoms with E-state index in [0.29, 0.717) is 6.54 Å². The van der Waals surface area contributed by atoms with Crippen molar-refractivity contribution in [1.29, 1.82) is 0 Å². The topological polar surface area (TPSA) is 71.7 Å². The predicted molar refractivity (Wildman–Crippen MR) is 114 cm³/mol. The molecule has 0 N–H and O–H groups in total. The van der Waals surface area contributed by atoms with Crippen LogP contribution in [0.15, 0.2) is 40.9 Å². The molecule has 1 aliphatic carbocycles. The minimum atomic E-state index is 0.0188. The summed E-state index contributed by atoms with van der Waals surface area (Å²) in [7, 11) is 0. The number of rotatable bonds is 4. The molecule has 0 radical (unpaired) electrons. The summed E-state index contributed by atoms with van der Waals surface area (Å²) >= 11 is 0. The molecule has 1 aliphatic heterocycles. The molecule has 7 heteroatoms. The van der Waals surface area contributed by atoms with Crippen LogP contribution < -0.4 is 9.64 Å². The van der Waals surface area contributed by atoms with Crippen molar-refractivity contribution in [2.75, 3.05) is 37.7 Å². The number of amides is 1. The minimum Gasteiger partial charge on any atom is -0.484 e. The van der Waals surface area contributed by atoms with Crippen molar-refractivity contribution in [1.82, 2.24) is 15.1 Å². The first-order valence-corrected chi connectivity index (χ1v) is 10.8. The molecule has 2 aromatic heterocycles. The number of furan rings is 1. The third-order valence-electron chi connectivity index (χ3n) is 6.02. The summed E-state index contributed by atoms with van der Waals surface area (Å²) in [4.78, 5) is 16.8. The first-order valence-electron chi connectivity index (χ1n) is 10.8. The molecule has 0 unspecified atom stereocenters. The SMILES string of the molecule is O=C(COc1ccc2oc3c(c2c1)CCCC3)N1CCCN(c2cccnn2)CC1. The van der Waals surface area contributed by atoms with Crippen LogP contribution in [0, 0.1) is 0 Å². The van der Waals surface area contributed by atoms with E-state index >= 15 is 0 Å². The zero-order valence-corrected chi connectivity index (χ0v) is 17.0. The first kappa shape index (κ1) is 18.9. The van der Waals surface area contributed by atoms with Crippen LogP contribution in [-0.4, -0.2) is 53.8 Å². The normalized spacial score (nSPS) is 16.9. The molecule has 0 bridgehead atoms. The molecule has 1 saturated heterocycles. The number of carbonyl (C=O) groups is 1. The fourth-order valence-corrected chi connectivity index (χ4v) is 4.43. The fourth-order valence-electron chi connectivity index (χ4n) is 4.43. The number of benzene rings is 1. The highest BCUT2D eigenvalue weighted by Crippen LogP contribution is 2.33. The van der Waals surface area contributed by atoms with E-state index in [0.717, 1.165) is 67.2 Å². The summed E-state index contributed by atoms with van der Waals surface area (Å²) in [5, 5.41) is 9.26. The number of hydrogen-bond acceptors (Lipinski definition) is 6. The van der Waals surface area contributed by atoms with Crippen LogP contribution in [0.2, 0.25) is 0 Å². The molecule has 3 aromatic rings. The Balaban J connectivity index is 1.21. The summed E-state index contributed by atoms with van der Waals surface area (Å²) < 4.78 is 11.9. The number of nitrogens with zero attached hydrogens (tertiary/aromatic N) is 4. The Hall–Kier alpha value is -3.09. The molecular weight excluding hydrogens is 380 g/mol. The monoisotopic (exact) mass is 406 g/mol. The van der Waals surface area contributed by atoms with Crippen molar-refractivity contribution in [2.24, 2.45) is 0 Å². The maximum Gasteiger partial charge on any atom is 0.260 e. The van der Waals surface area contributed by atoms with E-state index in [4.69, 9.17) is 9.15 Å². The number of hydrogen-bond donors (Lipinski definition) is 0. The smallest absolute Gasteiger partial charge is 0.260 e. The van der Waals surface area contributed by atoms with E-state index in [1.807, 2.05) is 35.2 Å². The first-order chi connectivity index (χ1) is 14.8. The van der Waals surface area contributed by atoms with Crippen molar-refractivity contribution in [3.8, 4) is 5.75 Å². The van der Waals surface area contributed by atoms with Gasteiger partial charge in [-0.15, -0.1) is 5.10 Å². The largest absolute Gasteiger partial charge is 0.484 e. The van der Waals surface area contributed by atoms with E-state index in [1.54, 1.807) is 6.20 Å². The third-order valence-corrected chi connectivity index (χ3v) is 6.02. The van der Waals surface area contributed by atoms with Gasteiger partial charge in [-0.25, -0.2) is 0 Å². The lowest BCUT2D eigenvalue weighted by atomic mass is 9.96. The van der Waals surface area contributed by atoms with Crippen LogP contribution in [0.1, 0.15) is 30.6 Å². The molecule has 1 fully saturated rings. The van der Waals surface area contributed by atoms with Crippen LogP contribution in [0.25, 0.3) is 11.0 Å². The molecule has 3 heterocycles. The zero-order valence-electron chi connectivity index (χ0n) is 17.0. The zero-order chi connectivity index (χ0) is 20.3. The van der Waals surface area contributed by atoms with E-state index in [9.17, 15) is 4.79 Å². The van der Waals surface area contributed by atoms with Crippen molar-refractivity contribution < 1.29 is 13.9 Å². The molecule has 156 valence electrons. The Morgan fingerprint density at radius 3 is 2.90 bits per heavy atom. The maximum atomic E-state index is 12.7. The summed E-state index contributed by atoms with van der Waals surface area (Å²) in [6.45, 7) is 3.06. The molecule has 5 rings (SSSR count). The molecule has 2 aliphatic rings. The van der Waals surface area contributed by atoms with Gasteiger partial charge < -0.3 is 19.0 Å². The van der Waals surface area contributed by atoms with E-state index in [2.05, 4.69) is 15.1 Å². The maximum absolute atomic E-state index is 12.7. The van der Waals surface area contributed by atoms with Gasteiger partial charge in [0.1, 0.15) is 17.1 Å². The lowest BCUT2D eigenvalue weighted by molar-refractivity contribution is -0.133. The van der Waals surface area contributed by atoms with Gasteiger partial charge in [0, 0.05) is 49.7 Å². The predicted octanol–water partition coefficient (Wildman–Crippen LogP) is 3.22. The number of ether oxygens (including phenoxy) is 1. The van der Waals surface area contributed by atoms with Gasteiger partial charge in [-0.2, -0.15) is 5.10 Å². The molecule has 1 amide bonds. The highest BCUT2D eigenvalue weighted by Gasteiger charge is 2.21. The highest BCUT2D eigenvalue weighted by molar-refractivity contribution is 5.84. The van der Waals surface area contributed by atoms with Gasteiger partial charge in [0.25, 0.3) is 5.91 Å². The fraction of sp³-hybridized carbons (Fsp3) is 0.435. The third kappa shape index (κ3) is 3.84. The Bertz CT molecular complexity index is 1030. The average molecular weight is 406 g/mol. The standard InChI is InChI=1S/C23H26N4O3/c28-23(27-12-4-11-26(13-14-27)22-7-3-10-24-25-22)16-29-17-8-9-21-19(15-17)18-5-1-2-6-20(18)30-21/h3,7-10,15H,1-2,4-6,11-14,16H2. The lowest BCUT2D eigenvalue weighted by Gasteiger charge is -2.22. The van der Waals surface area contributed by atoms with Crippen LogP contribution in [-0.2, 0) is 17.6 Å². The number of aryl methyl sites for hydroxylation is 2. The summed E-state index contributed by atoms with van der Waals surface area (Å²) in [5.74, 6) is 2.72. The molecule has 7 nitrogen and oxygen atoms in total. The van der Waals surface area contributed by atoms with Gasteiger partial charge in [-0.05, 0) is 56.0 Å². The van der Waals surface area contributed by atoms with Gasteiger partial charge in [-0.3, -0.25) is 4.79 Å². The highest BCUT2D eigenvalue weighted by atomic mass is 16.5. The molecule has 30 heavy (non-hydrogen) atoms. The second-order valence-corrected chi connectivity index (χ2v) is 7.96. The van der Waals surface area contributed by atoms with Crippen molar-refractivity contribution in [3.05, 3.63) is 47.9 Å². The number of carbonyl (C=O) groups excluding carboxylic acids is 1. The van der Waals surface area contributed by atoms with Crippen LogP contribution >= 0.6 is 0 Å². The Morgan fingerprint density at radius 2 is 2.00 bits per heavy atom. The number of aromatic nitrogens is 2. The summed E-state index contributed by atoms with van der Waals surface area (Å²) in [6.07, 6.45) is 7.03. The number of anilines is 1. The molecule has 0 saturated carbocycles. The summed E-state index contributed by atoms with van der Waals surface area (Å²) in [6, 6.07) is 9.71. The van der Waals surface area contributed by atoms with Crippen molar-refractivity contribution in [3.63, 3.8) is 0 Å². The van der Waals surface area contributed by atoms with Gasteiger partial charge >= 0.3 is 0 Å². The van der Waals surface area contributed by atoms with Gasteiger partial charge in [0.2, 0.25) is 0 Å². The Labute approximate surface area is 175 Å². The quantitative estimate of drug-likeness (QED) is 0.663. The van der Waals surface area contributed by atoms with Crippen molar-refractivity contribution in [2.45, 2.75) is 32.1 Å². The molecule has 1 aromatic carbocycles. The van der Waals surface area contributed by atoms with E-state index < -0.39 is 0 Å². The van der Waals surface area contributed by atoms with Crippen LogP contribution in [0.4, 0.5) is 5.82 Å². The van der Waals surface area contributed by atoms with Crippen LogP contribution in [0.5, 0.6) is 5.75 Å². The molecule has 0 atom stereocenters. The average Bonchev–Trinajstić information content (AvgIpc) is 2.98.